The lowest BCUT2D eigenvalue weighted by atomic mass is 10.1. The van der Waals surface area contributed by atoms with E-state index < -0.39 is 18.2 Å². The molecule has 0 aromatic heterocycles. The molecule has 26 heavy (non-hydrogen) atoms. The normalized spacial score (nSPS) is 14.5. The summed E-state index contributed by atoms with van der Waals surface area (Å²) >= 11 is 5.94. The number of hydrogen-bond donors (Lipinski definition) is 2. The van der Waals surface area contributed by atoms with Crippen molar-refractivity contribution in [2.24, 2.45) is 0 Å². The first-order valence-corrected chi connectivity index (χ1v) is 8.86. The van der Waals surface area contributed by atoms with E-state index in [2.05, 4.69) is 5.32 Å². The molecule has 0 saturated heterocycles. The Hall–Kier alpha value is -2.08. The second kappa shape index (κ2) is 9.57. The van der Waals surface area contributed by atoms with Crippen molar-refractivity contribution in [2.45, 2.75) is 38.5 Å². The van der Waals surface area contributed by atoms with E-state index in [1.165, 1.54) is 6.92 Å². The van der Waals surface area contributed by atoms with Crippen LogP contribution in [-0.2, 0) is 11.2 Å². The number of halogens is 1. The summed E-state index contributed by atoms with van der Waals surface area (Å²) in [6, 6.07) is 14.6. The van der Waals surface area contributed by atoms with Crippen molar-refractivity contribution in [1.29, 1.82) is 0 Å². The van der Waals surface area contributed by atoms with E-state index in [0.717, 1.165) is 17.5 Å². The standard InChI is InChI=1S/C20H24ClNO4/c1-13(22-12-19(23)16-4-3-5-17(21)11-16)10-15-6-8-18(9-7-15)26-14(2)20(24)25/h3-9,11,13-14,19,22-23H,10,12H2,1-2H3,(H,24,25)/p-1. The Labute approximate surface area is 158 Å². The fourth-order valence-corrected chi connectivity index (χ4v) is 2.73. The minimum Gasteiger partial charge on any atom is -0.546 e. The van der Waals surface area contributed by atoms with Gasteiger partial charge in [-0.3, -0.25) is 0 Å². The summed E-state index contributed by atoms with van der Waals surface area (Å²) in [6.07, 6.45) is -0.856. The van der Waals surface area contributed by atoms with E-state index in [1.807, 2.05) is 31.2 Å². The Balaban J connectivity index is 1.82. The van der Waals surface area contributed by atoms with E-state index >= 15 is 0 Å². The Morgan fingerprint density at radius 1 is 1.23 bits per heavy atom. The first kappa shape index (κ1) is 20.2. The van der Waals surface area contributed by atoms with Crippen LogP contribution in [0.1, 0.15) is 31.1 Å². The molecule has 0 amide bonds. The highest BCUT2D eigenvalue weighted by Crippen LogP contribution is 2.18. The summed E-state index contributed by atoms with van der Waals surface area (Å²) < 4.78 is 5.25. The van der Waals surface area contributed by atoms with Gasteiger partial charge in [0.15, 0.2) is 0 Å². The van der Waals surface area contributed by atoms with Crippen LogP contribution in [0, 0.1) is 0 Å². The molecular weight excluding hydrogens is 354 g/mol. The summed E-state index contributed by atoms with van der Waals surface area (Å²) in [5, 5.41) is 24.8. The number of carbonyl (C=O) groups is 1. The van der Waals surface area contributed by atoms with Crippen LogP contribution >= 0.6 is 11.6 Å². The van der Waals surface area contributed by atoms with Gasteiger partial charge in [0, 0.05) is 17.6 Å². The quantitative estimate of drug-likeness (QED) is 0.700. The number of carboxylic acid groups (broad SMARTS) is 1. The van der Waals surface area contributed by atoms with E-state index in [9.17, 15) is 15.0 Å². The molecule has 0 aliphatic heterocycles. The van der Waals surface area contributed by atoms with E-state index in [4.69, 9.17) is 16.3 Å². The number of benzene rings is 2. The molecule has 6 heteroatoms. The minimum absolute atomic E-state index is 0.151. The lowest BCUT2D eigenvalue weighted by molar-refractivity contribution is -0.312. The number of nitrogens with one attached hydrogen (secondary N) is 1. The third-order valence-corrected chi connectivity index (χ3v) is 4.24. The first-order chi connectivity index (χ1) is 12.3. The van der Waals surface area contributed by atoms with Crippen molar-refractivity contribution in [2.75, 3.05) is 6.54 Å². The molecular formula is C20H23ClNO4-. The van der Waals surface area contributed by atoms with Crippen molar-refractivity contribution < 1.29 is 19.7 Å². The van der Waals surface area contributed by atoms with Crippen molar-refractivity contribution >= 4 is 17.6 Å². The molecule has 2 aromatic rings. The van der Waals surface area contributed by atoms with Crippen molar-refractivity contribution in [3.63, 3.8) is 0 Å². The number of hydrogen-bond acceptors (Lipinski definition) is 5. The van der Waals surface area contributed by atoms with Gasteiger partial charge in [-0.2, -0.15) is 0 Å². The maximum absolute atomic E-state index is 10.7. The Morgan fingerprint density at radius 2 is 1.92 bits per heavy atom. The van der Waals surface area contributed by atoms with Gasteiger partial charge in [0.25, 0.3) is 0 Å². The maximum Gasteiger partial charge on any atom is 0.135 e. The number of aliphatic hydroxyl groups is 1. The lowest BCUT2D eigenvalue weighted by Gasteiger charge is -2.18. The van der Waals surface area contributed by atoms with Gasteiger partial charge in [-0.1, -0.05) is 35.9 Å². The van der Waals surface area contributed by atoms with Gasteiger partial charge in [0.05, 0.1) is 12.1 Å². The molecule has 2 N–H and O–H groups in total. The molecule has 0 bridgehead atoms. The molecule has 2 aromatic carbocycles. The molecule has 140 valence electrons. The van der Waals surface area contributed by atoms with Crippen LogP contribution in [0.25, 0.3) is 0 Å². The highest BCUT2D eigenvalue weighted by molar-refractivity contribution is 6.30. The summed E-state index contributed by atoms with van der Waals surface area (Å²) in [7, 11) is 0. The van der Waals surface area contributed by atoms with Crippen molar-refractivity contribution in [1.82, 2.24) is 5.32 Å². The van der Waals surface area contributed by atoms with Gasteiger partial charge >= 0.3 is 0 Å². The molecule has 3 unspecified atom stereocenters. The van der Waals surface area contributed by atoms with E-state index in [1.54, 1.807) is 24.3 Å². The lowest BCUT2D eigenvalue weighted by Crippen LogP contribution is -2.37. The largest absolute Gasteiger partial charge is 0.546 e. The first-order valence-electron chi connectivity index (χ1n) is 8.48. The van der Waals surface area contributed by atoms with Crippen LogP contribution in [0.15, 0.2) is 48.5 Å². The number of aliphatic carboxylic acids is 1. The minimum atomic E-state index is -1.25. The fourth-order valence-electron chi connectivity index (χ4n) is 2.53. The molecule has 0 heterocycles. The van der Waals surface area contributed by atoms with Crippen molar-refractivity contribution in [3.8, 4) is 5.75 Å². The second-order valence-corrected chi connectivity index (χ2v) is 6.74. The van der Waals surface area contributed by atoms with Gasteiger partial charge in [0.2, 0.25) is 0 Å². The van der Waals surface area contributed by atoms with Crippen LogP contribution in [0.5, 0.6) is 5.75 Å². The summed E-state index contributed by atoms with van der Waals surface area (Å²) in [4.78, 5) is 10.7. The molecule has 2 rings (SSSR count). The Morgan fingerprint density at radius 3 is 2.54 bits per heavy atom. The molecule has 0 radical (unpaired) electrons. The van der Waals surface area contributed by atoms with Crippen LogP contribution in [0.3, 0.4) is 0 Å². The number of rotatable bonds is 9. The summed E-state index contributed by atoms with van der Waals surface area (Å²) in [6.45, 7) is 3.89. The Bertz CT molecular complexity index is 720. The molecule has 0 saturated carbocycles. The molecule has 5 nitrogen and oxygen atoms in total. The van der Waals surface area contributed by atoms with Crippen LogP contribution < -0.4 is 15.2 Å². The number of carbonyl (C=O) groups excluding carboxylic acids is 1. The summed E-state index contributed by atoms with van der Waals surface area (Å²) in [5.41, 5.74) is 1.86. The van der Waals surface area contributed by atoms with Crippen LogP contribution in [0.4, 0.5) is 0 Å². The van der Waals surface area contributed by atoms with E-state index in [-0.39, 0.29) is 6.04 Å². The molecule has 3 atom stereocenters. The molecule has 0 aliphatic rings. The number of ether oxygens (including phenoxy) is 1. The molecule has 0 aliphatic carbocycles. The van der Waals surface area contributed by atoms with Gasteiger partial charge < -0.3 is 25.1 Å². The number of aliphatic hydroxyl groups excluding tert-OH is 1. The zero-order valence-corrected chi connectivity index (χ0v) is 15.6. The zero-order chi connectivity index (χ0) is 19.1. The monoisotopic (exact) mass is 376 g/mol. The third-order valence-electron chi connectivity index (χ3n) is 4.00. The van der Waals surface area contributed by atoms with Crippen LogP contribution in [0.2, 0.25) is 5.02 Å². The average molecular weight is 377 g/mol. The number of carboxylic acids is 1. The maximum atomic E-state index is 10.7. The van der Waals surface area contributed by atoms with Gasteiger partial charge in [-0.15, -0.1) is 0 Å². The molecule has 0 fully saturated rings. The highest BCUT2D eigenvalue weighted by Gasteiger charge is 2.11. The predicted octanol–water partition coefficient (Wildman–Crippen LogP) is 2.11. The van der Waals surface area contributed by atoms with Gasteiger partial charge in [0.1, 0.15) is 11.9 Å². The Kier molecular flexibility index (Phi) is 7.45. The highest BCUT2D eigenvalue weighted by atomic mass is 35.5. The topological polar surface area (TPSA) is 81.6 Å². The zero-order valence-electron chi connectivity index (χ0n) is 14.8. The van der Waals surface area contributed by atoms with Gasteiger partial charge in [-0.05, 0) is 55.7 Å². The third kappa shape index (κ3) is 6.33. The fraction of sp³-hybridized carbons (Fsp3) is 0.350. The van der Waals surface area contributed by atoms with Crippen LogP contribution in [-0.4, -0.2) is 29.8 Å². The summed E-state index contributed by atoms with van der Waals surface area (Å²) in [5.74, 6) is -0.757. The molecule has 0 spiro atoms. The second-order valence-electron chi connectivity index (χ2n) is 6.31. The van der Waals surface area contributed by atoms with E-state index in [0.29, 0.717) is 17.3 Å². The van der Waals surface area contributed by atoms with Crippen molar-refractivity contribution in [3.05, 3.63) is 64.7 Å². The average Bonchev–Trinajstić information content (AvgIpc) is 2.61. The smallest absolute Gasteiger partial charge is 0.135 e. The van der Waals surface area contributed by atoms with Gasteiger partial charge in [-0.25, -0.2) is 0 Å². The SMILES string of the molecule is CC(Cc1ccc(OC(C)C(=O)[O-])cc1)NCC(O)c1cccc(Cl)c1. The predicted molar refractivity (Wildman–Crippen MR) is 99.1 cm³/mol.